The second-order valence-electron chi connectivity index (χ2n) is 7.11. The number of rotatable bonds is 2. The van der Waals surface area contributed by atoms with Crippen molar-refractivity contribution >= 4 is 34.8 Å². The molecule has 1 N–H and O–H groups in total. The number of amides is 2. The molecule has 9 heteroatoms. The Morgan fingerprint density at radius 2 is 1.97 bits per heavy atom. The lowest BCUT2D eigenvalue weighted by molar-refractivity contribution is -0.137. The Kier molecular flexibility index (Phi) is 4.69. The van der Waals surface area contributed by atoms with E-state index in [1.54, 1.807) is 12.1 Å². The Hall–Kier alpha value is -2.74. The smallest absolute Gasteiger partial charge is 0.354 e. The van der Waals surface area contributed by atoms with Crippen molar-refractivity contribution in [3.63, 3.8) is 0 Å². The number of nitrogens with one attached hydrogen (secondary N) is 1. The van der Waals surface area contributed by atoms with Crippen LogP contribution in [0.5, 0.6) is 0 Å². The second-order valence-corrected chi connectivity index (χ2v) is 7.52. The fourth-order valence-electron chi connectivity index (χ4n) is 3.87. The standard InChI is InChI=1S/C20H17ClF3N3O2/c1-26-16-9-11(4-6-13(16)19(29)27-8-2-3-17(26)27)18(28)25-12-5-7-15(21)14(10-12)20(22,23)24/h4-7,9-10,17H,2-3,8H2,1H3,(H,25,28). The molecule has 2 amide bonds. The van der Waals surface area contributed by atoms with E-state index in [-0.39, 0.29) is 23.3 Å². The Morgan fingerprint density at radius 3 is 2.69 bits per heavy atom. The summed E-state index contributed by atoms with van der Waals surface area (Å²) in [6.07, 6.45) is -2.90. The van der Waals surface area contributed by atoms with Crippen molar-refractivity contribution in [3.8, 4) is 0 Å². The van der Waals surface area contributed by atoms with E-state index >= 15 is 0 Å². The average Bonchev–Trinajstić information content (AvgIpc) is 3.16. The lowest BCUT2D eigenvalue weighted by atomic mass is 10.0. The summed E-state index contributed by atoms with van der Waals surface area (Å²) in [6.45, 7) is 0.702. The van der Waals surface area contributed by atoms with Crippen LogP contribution in [0.4, 0.5) is 24.5 Å². The highest BCUT2D eigenvalue weighted by molar-refractivity contribution is 6.31. The third kappa shape index (κ3) is 3.42. The Labute approximate surface area is 170 Å². The summed E-state index contributed by atoms with van der Waals surface area (Å²) in [5.74, 6) is -0.641. The summed E-state index contributed by atoms with van der Waals surface area (Å²) >= 11 is 5.61. The van der Waals surface area contributed by atoms with Crippen molar-refractivity contribution in [1.29, 1.82) is 0 Å². The number of carbonyl (C=O) groups excluding carboxylic acids is 2. The van der Waals surface area contributed by atoms with Crippen LogP contribution in [-0.4, -0.2) is 36.5 Å². The monoisotopic (exact) mass is 423 g/mol. The van der Waals surface area contributed by atoms with Gasteiger partial charge in [0, 0.05) is 24.8 Å². The lowest BCUT2D eigenvalue weighted by Crippen LogP contribution is -2.50. The largest absolute Gasteiger partial charge is 0.417 e. The molecule has 0 radical (unpaired) electrons. The van der Waals surface area contributed by atoms with Crippen molar-refractivity contribution < 1.29 is 22.8 Å². The lowest BCUT2D eigenvalue weighted by Gasteiger charge is -2.40. The summed E-state index contributed by atoms with van der Waals surface area (Å²) in [5, 5.41) is 2.03. The zero-order chi connectivity index (χ0) is 20.9. The van der Waals surface area contributed by atoms with E-state index in [4.69, 9.17) is 11.6 Å². The van der Waals surface area contributed by atoms with Gasteiger partial charge in [-0.2, -0.15) is 13.2 Å². The minimum Gasteiger partial charge on any atom is -0.354 e. The molecule has 0 aliphatic carbocycles. The molecule has 29 heavy (non-hydrogen) atoms. The van der Waals surface area contributed by atoms with E-state index in [0.717, 1.165) is 25.0 Å². The molecule has 5 nitrogen and oxygen atoms in total. The fraction of sp³-hybridized carbons (Fsp3) is 0.300. The van der Waals surface area contributed by atoms with Gasteiger partial charge < -0.3 is 15.1 Å². The maximum absolute atomic E-state index is 13.0. The summed E-state index contributed by atoms with van der Waals surface area (Å²) < 4.78 is 39.1. The molecule has 1 saturated heterocycles. The summed E-state index contributed by atoms with van der Waals surface area (Å²) in [5.41, 5.74) is 0.356. The van der Waals surface area contributed by atoms with Crippen LogP contribution in [0, 0.1) is 0 Å². The molecule has 1 fully saturated rings. The zero-order valence-corrected chi connectivity index (χ0v) is 16.1. The molecule has 0 bridgehead atoms. The van der Waals surface area contributed by atoms with Gasteiger partial charge in [-0.25, -0.2) is 0 Å². The molecule has 2 aromatic rings. The van der Waals surface area contributed by atoms with E-state index in [1.807, 2.05) is 16.8 Å². The molecular weight excluding hydrogens is 407 g/mol. The van der Waals surface area contributed by atoms with E-state index in [2.05, 4.69) is 5.32 Å². The molecule has 2 heterocycles. The van der Waals surface area contributed by atoms with Crippen molar-refractivity contribution in [3.05, 3.63) is 58.1 Å². The van der Waals surface area contributed by atoms with E-state index in [9.17, 15) is 22.8 Å². The van der Waals surface area contributed by atoms with Crippen LogP contribution < -0.4 is 10.2 Å². The first kappa shape index (κ1) is 19.6. The van der Waals surface area contributed by atoms with E-state index in [0.29, 0.717) is 17.8 Å². The van der Waals surface area contributed by atoms with Gasteiger partial charge in [0.2, 0.25) is 0 Å². The van der Waals surface area contributed by atoms with Crippen molar-refractivity contribution in [2.75, 3.05) is 23.8 Å². The Morgan fingerprint density at radius 1 is 1.21 bits per heavy atom. The minimum atomic E-state index is -4.63. The zero-order valence-electron chi connectivity index (χ0n) is 15.4. The van der Waals surface area contributed by atoms with Crippen molar-refractivity contribution in [2.45, 2.75) is 25.2 Å². The predicted octanol–water partition coefficient (Wildman–Crippen LogP) is 4.62. The summed E-state index contributed by atoms with van der Waals surface area (Å²) in [4.78, 5) is 29.1. The number of benzene rings is 2. The van der Waals surface area contributed by atoms with Crippen LogP contribution in [0.3, 0.4) is 0 Å². The third-order valence-electron chi connectivity index (χ3n) is 5.33. The topological polar surface area (TPSA) is 52.7 Å². The first-order valence-electron chi connectivity index (χ1n) is 9.03. The molecular formula is C20H17ClF3N3O2. The quantitative estimate of drug-likeness (QED) is 0.766. The fourth-order valence-corrected chi connectivity index (χ4v) is 4.10. The molecule has 0 spiro atoms. The van der Waals surface area contributed by atoms with Gasteiger partial charge in [0.15, 0.2) is 0 Å². The van der Waals surface area contributed by atoms with Gasteiger partial charge in [-0.1, -0.05) is 11.6 Å². The van der Waals surface area contributed by atoms with Gasteiger partial charge in [0.05, 0.1) is 21.8 Å². The van der Waals surface area contributed by atoms with E-state index < -0.39 is 22.7 Å². The Balaban J connectivity index is 1.61. The van der Waals surface area contributed by atoms with Crippen LogP contribution in [0.2, 0.25) is 5.02 Å². The molecule has 1 unspecified atom stereocenters. The first-order chi connectivity index (χ1) is 13.7. The molecule has 4 rings (SSSR count). The highest BCUT2D eigenvalue weighted by Crippen LogP contribution is 2.37. The van der Waals surface area contributed by atoms with Crippen LogP contribution >= 0.6 is 11.6 Å². The molecule has 1 atom stereocenters. The highest BCUT2D eigenvalue weighted by atomic mass is 35.5. The average molecular weight is 424 g/mol. The molecule has 2 aliphatic heterocycles. The number of fused-ring (bicyclic) bond motifs is 2. The molecule has 152 valence electrons. The van der Waals surface area contributed by atoms with Gasteiger partial charge >= 0.3 is 6.18 Å². The minimum absolute atomic E-state index is 0.0177. The number of carbonyl (C=O) groups is 2. The number of hydrogen-bond donors (Lipinski definition) is 1. The van der Waals surface area contributed by atoms with Crippen LogP contribution in [0.1, 0.15) is 39.1 Å². The molecule has 0 aromatic heterocycles. The third-order valence-corrected chi connectivity index (χ3v) is 5.66. The van der Waals surface area contributed by atoms with Gasteiger partial charge in [0.25, 0.3) is 11.8 Å². The maximum Gasteiger partial charge on any atom is 0.417 e. The summed E-state index contributed by atoms with van der Waals surface area (Å²) in [7, 11) is 1.87. The molecule has 2 aromatic carbocycles. The van der Waals surface area contributed by atoms with Crippen LogP contribution in [0.15, 0.2) is 36.4 Å². The number of anilines is 2. The summed E-state index contributed by atoms with van der Waals surface area (Å²) in [6, 6.07) is 7.87. The normalized spacial score (nSPS) is 18.5. The number of hydrogen-bond acceptors (Lipinski definition) is 3. The number of alkyl halides is 3. The Bertz CT molecular complexity index is 1010. The SMILES string of the molecule is CN1c2cc(C(=O)Nc3ccc(Cl)c(C(F)(F)F)c3)ccc2C(=O)N2CCCC21. The van der Waals surface area contributed by atoms with Crippen molar-refractivity contribution in [1.82, 2.24) is 4.90 Å². The van der Waals surface area contributed by atoms with Gasteiger partial charge in [-0.15, -0.1) is 0 Å². The predicted molar refractivity (Wildman–Crippen MR) is 103 cm³/mol. The van der Waals surface area contributed by atoms with Crippen LogP contribution in [-0.2, 0) is 6.18 Å². The van der Waals surface area contributed by atoms with Crippen molar-refractivity contribution in [2.24, 2.45) is 0 Å². The first-order valence-corrected chi connectivity index (χ1v) is 9.40. The second kappa shape index (κ2) is 6.95. The van der Waals surface area contributed by atoms with Gasteiger partial charge in [-0.05, 0) is 49.2 Å². The van der Waals surface area contributed by atoms with Crippen LogP contribution in [0.25, 0.3) is 0 Å². The number of nitrogens with zero attached hydrogens (tertiary/aromatic N) is 2. The van der Waals surface area contributed by atoms with E-state index in [1.165, 1.54) is 12.1 Å². The van der Waals surface area contributed by atoms with Gasteiger partial charge in [-0.3, -0.25) is 9.59 Å². The molecule has 2 aliphatic rings. The highest BCUT2D eigenvalue weighted by Gasteiger charge is 2.39. The maximum atomic E-state index is 13.0. The van der Waals surface area contributed by atoms with Gasteiger partial charge in [0.1, 0.15) is 6.17 Å². The molecule has 0 saturated carbocycles. The number of halogens is 4.